The standard InChI is InChI=1S/C14H18ClN5O/c1-3-20-12(6-7-16-20)11-5-4-8-19(11)14(21)13-10(15)9-17-18(13)2/h6-7,9,11H,3-5,8H2,1-2H3/t11-/m1/s1. The summed E-state index contributed by atoms with van der Waals surface area (Å²) in [7, 11) is 1.74. The Morgan fingerprint density at radius 1 is 1.48 bits per heavy atom. The number of halogens is 1. The van der Waals surface area contributed by atoms with Gasteiger partial charge in [-0.1, -0.05) is 11.6 Å². The molecule has 1 aliphatic rings. The highest BCUT2D eigenvalue weighted by atomic mass is 35.5. The van der Waals surface area contributed by atoms with Crippen molar-refractivity contribution in [3.05, 3.63) is 34.9 Å². The van der Waals surface area contributed by atoms with Crippen LogP contribution in [0.5, 0.6) is 0 Å². The van der Waals surface area contributed by atoms with Crippen molar-refractivity contribution in [3.63, 3.8) is 0 Å². The van der Waals surface area contributed by atoms with Crippen LogP contribution in [-0.2, 0) is 13.6 Å². The van der Waals surface area contributed by atoms with E-state index in [1.807, 2.05) is 15.6 Å². The molecule has 7 heteroatoms. The Labute approximate surface area is 128 Å². The molecule has 0 unspecified atom stereocenters. The number of hydrogen-bond acceptors (Lipinski definition) is 3. The third-order valence-corrected chi connectivity index (χ3v) is 4.28. The SMILES string of the molecule is CCn1nccc1[C@H]1CCCN1C(=O)c1c(Cl)cnn1C. The van der Waals surface area contributed by atoms with Gasteiger partial charge in [0, 0.05) is 26.3 Å². The number of likely N-dealkylation sites (tertiary alicyclic amines) is 1. The van der Waals surface area contributed by atoms with Crippen LogP contribution in [-0.4, -0.2) is 36.9 Å². The molecule has 0 radical (unpaired) electrons. The quantitative estimate of drug-likeness (QED) is 0.874. The van der Waals surface area contributed by atoms with Gasteiger partial charge in [-0.2, -0.15) is 10.2 Å². The summed E-state index contributed by atoms with van der Waals surface area (Å²) in [5, 5.41) is 8.76. The molecule has 21 heavy (non-hydrogen) atoms. The summed E-state index contributed by atoms with van der Waals surface area (Å²) in [6.07, 6.45) is 5.24. The number of aryl methyl sites for hydroxylation is 2. The normalized spacial score (nSPS) is 18.4. The van der Waals surface area contributed by atoms with E-state index in [-0.39, 0.29) is 11.9 Å². The van der Waals surface area contributed by atoms with Crippen molar-refractivity contribution in [2.24, 2.45) is 7.05 Å². The Morgan fingerprint density at radius 3 is 2.95 bits per heavy atom. The van der Waals surface area contributed by atoms with Gasteiger partial charge in [0.15, 0.2) is 0 Å². The molecule has 1 amide bonds. The minimum absolute atomic E-state index is 0.0610. The lowest BCUT2D eigenvalue weighted by Gasteiger charge is -2.25. The first-order valence-corrected chi connectivity index (χ1v) is 7.51. The van der Waals surface area contributed by atoms with E-state index in [0.29, 0.717) is 10.7 Å². The maximum Gasteiger partial charge on any atom is 0.274 e. The van der Waals surface area contributed by atoms with Crippen molar-refractivity contribution >= 4 is 17.5 Å². The maximum atomic E-state index is 12.8. The molecule has 0 saturated carbocycles. The van der Waals surface area contributed by atoms with Crippen LogP contribution in [0.15, 0.2) is 18.5 Å². The largest absolute Gasteiger partial charge is 0.329 e. The molecule has 1 fully saturated rings. The molecule has 2 aromatic heterocycles. The summed E-state index contributed by atoms with van der Waals surface area (Å²) in [5.74, 6) is -0.0636. The van der Waals surface area contributed by atoms with E-state index in [0.717, 1.165) is 31.6 Å². The molecule has 0 spiro atoms. The fraction of sp³-hybridized carbons (Fsp3) is 0.500. The molecule has 6 nitrogen and oxygen atoms in total. The van der Waals surface area contributed by atoms with Crippen LogP contribution in [0.1, 0.15) is 42.0 Å². The van der Waals surface area contributed by atoms with Crippen LogP contribution < -0.4 is 0 Å². The van der Waals surface area contributed by atoms with Crippen LogP contribution in [0.4, 0.5) is 0 Å². The summed E-state index contributed by atoms with van der Waals surface area (Å²) >= 11 is 6.10. The van der Waals surface area contributed by atoms with Gasteiger partial charge in [0.25, 0.3) is 5.91 Å². The predicted octanol–water partition coefficient (Wildman–Crippen LogP) is 2.27. The molecule has 0 bridgehead atoms. The maximum absolute atomic E-state index is 12.8. The zero-order chi connectivity index (χ0) is 15.0. The smallest absolute Gasteiger partial charge is 0.274 e. The van der Waals surface area contributed by atoms with Crippen LogP contribution in [0.3, 0.4) is 0 Å². The number of nitrogens with zero attached hydrogens (tertiary/aromatic N) is 5. The Balaban J connectivity index is 1.93. The highest BCUT2D eigenvalue weighted by Gasteiger charge is 2.34. The molecule has 0 aromatic carbocycles. The van der Waals surface area contributed by atoms with Crippen LogP contribution in [0.2, 0.25) is 5.02 Å². The lowest BCUT2D eigenvalue weighted by molar-refractivity contribution is 0.0719. The van der Waals surface area contributed by atoms with Crippen LogP contribution >= 0.6 is 11.6 Å². The Hall–Kier alpha value is -1.82. The van der Waals surface area contributed by atoms with Crippen molar-refractivity contribution in [3.8, 4) is 0 Å². The lowest BCUT2D eigenvalue weighted by atomic mass is 10.1. The second kappa shape index (κ2) is 5.52. The van der Waals surface area contributed by atoms with Gasteiger partial charge in [-0.3, -0.25) is 14.2 Å². The van der Waals surface area contributed by atoms with Gasteiger partial charge in [-0.25, -0.2) is 0 Å². The second-order valence-electron chi connectivity index (χ2n) is 5.19. The number of amides is 1. The van der Waals surface area contributed by atoms with Crippen molar-refractivity contribution in [1.29, 1.82) is 0 Å². The Morgan fingerprint density at radius 2 is 2.29 bits per heavy atom. The van der Waals surface area contributed by atoms with Crippen molar-refractivity contribution in [2.45, 2.75) is 32.4 Å². The highest BCUT2D eigenvalue weighted by Crippen LogP contribution is 2.33. The number of carbonyl (C=O) groups is 1. The molecular formula is C14H18ClN5O. The average Bonchev–Trinajstić information content (AvgIpc) is 3.17. The fourth-order valence-electron chi connectivity index (χ4n) is 2.99. The number of carbonyl (C=O) groups excluding carboxylic acids is 1. The molecule has 112 valence electrons. The first-order chi connectivity index (χ1) is 10.1. The van der Waals surface area contributed by atoms with E-state index >= 15 is 0 Å². The number of aromatic nitrogens is 4. The van der Waals surface area contributed by atoms with Gasteiger partial charge in [-0.15, -0.1) is 0 Å². The Bertz CT molecular complexity index is 643. The molecule has 1 saturated heterocycles. The summed E-state index contributed by atoms with van der Waals surface area (Å²) in [5.41, 5.74) is 1.53. The topological polar surface area (TPSA) is 56.0 Å². The van der Waals surface area contributed by atoms with Crippen molar-refractivity contribution < 1.29 is 4.79 Å². The Kier molecular flexibility index (Phi) is 3.71. The first-order valence-electron chi connectivity index (χ1n) is 7.13. The van der Waals surface area contributed by atoms with Crippen molar-refractivity contribution in [1.82, 2.24) is 24.5 Å². The van der Waals surface area contributed by atoms with Gasteiger partial charge in [0.1, 0.15) is 5.69 Å². The summed E-state index contributed by atoms with van der Waals surface area (Å²) < 4.78 is 3.48. The van der Waals surface area contributed by atoms with E-state index in [9.17, 15) is 4.79 Å². The minimum atomic E-state index is -0.0636. The monoisotopic (exact) mass is 307 g/mol. The zero-order valence-corrected chi connectivity index (χ0v) is 12.9. The van der Waals surface area contributed by atoms with Crippen LogP contribution in [0, 0.1) is 0 Å². The second-order valence-corrected chi connectivity index (χ2v) is 5.60. The third kappa shape index (κ3) is 2.33. The molecule has 1 aliphatic heterocycles. The molecule has 3 heterocycles. The minimum Gasteiger partial charge on any atom is -0.329 e. The predicted molar refractivity (Wildman–Crippen MR) is 79.1 cm³/mol. The summed E-state index contributed by atoms with van der Waals surface area (Å²) in [6.45, 7) is 3.59. The van der Waals surface area contributed by atoms with E-state index in [1.165, 1.54) is 10.9 Å². The average molecular weight is 308 g/mol. The van der Waals surface area contributed by atoms with Gasteiger partial charge in [-0.05, 0) is 25.8 Å². The number of rotatable bonds is 3. The van der Waals surface area contributed by atoms with E-state index in [1.54, 1.807) is 13.2 Å². The van der Waals surface area contributed by atoms with Gasteiger partial charge in [0.2, 0.25) is 0 Å². The zero-order valence-electron chi connectivity index (χ0n) is 12.2. The van der Waals surface area contributed by atoms with Crippen LogP contribution in [0.25, 0.3) is 0 Å². The lowest BCUT2D eigenvalue weighted by Crippen LogP contribution is -2.33. The molecular weight excluding hydrogens is 290 g/mol. The number of hydrogen-bond donors (Lipinski definition) is 0. The highest BCUT2D eigenvalue weighted by molar-refractivity contribution is 6.33. The van der Waals surface area contributed by atoms with E-state index in [2.05, 4.69) is 17.1 Å². The van der Waals surface area contributed by atoms with Gasteiger partial charge in [0.05, 0.1) is 23.0 Å². The molecule has 2 aromatic rings. The molecule has 1 atom stereocenters. The molecule has 3 rings (SSSR count). The third-order valence-electron chi connectivity index (χ3n) is 4.00. The first kappa shape index (κ1) is 14.1. The van der Waals surface area contributed by atoms with Crippen molar-refractivity contribution in [2.75, 3.05) is 6.54 Å². The van der Waals surface area contributed by atoms with E-state index < -0.39 is 0 Å². The fourth-order valence-corrected chi connectivity index (χ4v) is 3.24. The summed E-state index contributed by atoms with van der Waals surface area (Å²) in [4.78, 5) is 14.7. The van der Waals surface area contributed by atoms with Gasteiger partial charge < -0.3 is 4.90 Å². The molecule has 0 aliphatic carbocycles. The van der Waals surface area contributed by atoms with Gasteiger partial charge >= 0.3 is 0 Å². The summed E-state index contributed by atoms with van der Waals surface area (Å²) in [6, 6.07) is 2.05. The molecule has 0 N–H and O–H groups in total. The van der Waals surface area contributed by atoms with E-state index in [4.69, 9.17) is 11.6 Å².